The van der Waals surface area contributed by atoms with Gasteiger partial charge < -0.3 is 10.1 Å². The van der Waals surface area contributed by atoms with Crippen molar-refractivity contribution in [2.45, 2.75) is 33.6 Å². The molecule has 6 nitrogen and oxygen atoms in total. The molecule has 0 saturated heterocycles. The Labute approximate surface area is 147 Å². The van der Waals surface area contributed by atoms with E-state index in [1.54, 1.807) is 18.2 Å². The summed E-state index contributed by atoms with van der Waals surface area (Å²) in [5.74, 6) is 0.124. The van der Waals surface area contributed by atoms with Crippen LogP contribution >= 0.6 is 0 Å². The van der Waals surface area contributed by atoms with Gasteiger partial charge in [-0.05, 0) is 44.4 Å². The average molecular weight is 342 g/mol. The van der Waals surface area contributed by atoms with Gasteiger partial charge in [-0.15, -0.1) is 0 Å². The number of para-hydroxylation sites is 2. The number of rotatable bonds is 7. The molecule has 25 heavy (non-hydrogen) atoms. The molecule has 2 rings (SSSR count). The number of ether oxygens (including phenoxy) is 1. The van der Waals surface area contributed by atoms with Crippen LogP contribution in [0.1, 0.15) is 29.5 Å². The smallest absolute Gasteiger partial charge is 0.310 e. The normalized spacial score (nSPS) is 10.4. The van der Waals surface area contributed by atoms with Crippen LogP contribution in [0.25, 0.3) is 0 Å². The highest BCUT2D eigenvalue weighted by Gasteiger charge is 2.13. The third-order valence-corrected chi connectivity index (χ3v) is 3.81. The van der Waals surface area contributed by atoms with Gasteiger partial charge in [-0.1, -0.05) is 29.8 Å². The number of nitrogens with zero attached hydrogens (tertiary/aromatic N) is 1. The lowest BCUT2D eigenvalue weighted by atomic mass is 10.0. The maximum absolute atomic E-state index is 12.1. The van der Waals surface area contributed by atoms with Gasteiger partial charge in [-0.3, -0.25) is 14.9 Å². The Morgan fingerprint density at radius 1 is 1.16 bits per heavy atom. The molecular weight excluding hydrogens is 320 g/mol. The van der Waals surface area contributed by atoms with E-state index in [4.69, 9.17) is 4.74 Å². The van der Waals surface area contributed by atoms with E-state index in [2.05, 4.69) is 5.32 Å². The van der Waals surface area contributed by atoms with Gasteiger partial charge in [0.05, 0.1) is 11.5 Å². The molecule has 1 N–H and O–H groups in total. The van der Waals surface area contributed by atoms with Crippen molar-refractivity contribution in [3.8, 4) is 5.75 Å². The van der Waals surface area contributed by atoms with E-state index in [1.807, 2.05) is 32.9 Å². The summed E-state index contributed by atoms with van der Waals surface area (Å²) in [5, 5.41) is 13.8. The van der Waals surface area contributed by atoms with Crippen molar-refractivity contribution in [2.75, 3.05) is 11.9 Å². The molecule has 6 heteroatoms. The zero-order valence-corrected chi connectivity index (χ0v) is 14.7. The van der Waals surface area contributed by atoms with Gasteiger partial charge in [0.25, 0.3) is 0 Å². The Bertz CT molecular complexity index is 764. The van der Waals surface area contributed by atoms with Crippen molar-refractivity contribution in [3.63, 3.8) is 0 Å². The van der Waals surface area contributed by atoms with Gasteiger partial charge in [0, 0.05) is 18.2 Å². The van der Waals surface area contributed by atoms with E-state index >= 15 is 0 Å². The molecule has 1 amide bonds. The number of hydrogen-bond acceptors (Lipinski definition) is 4. The first kappa shape index (κ1) is 18.4. The summed E-state index contributed by atoms with van der Waals surface area (Å²) in [6.45, 7) is 6.19. The van der Waals surface area contributed by atoms with Crippen LogP contribution in [0.15, 0.2) is 36.4 Å². The molecule has 0 aromatic heterocycles. The standard InChI is InChI=1S/C19H22N2O4/c1-13-11-14(2)19(15(3)12-13)20-18(22)9-6-10-25-17-8-5-4-7-16(17)21(23)24/h4-5,7-8,11-12H,6,9-10H2,1-3H3,(H,20,22). The largest absolute Gasteiger partial charge is 0.487 e. The van der Waals surface area contributed by atoms with Gasteiger partial charge in [-0.25, -0.2) is 0 Å². The van der Waals surface area contributed by atoms with Crippen LogP contribution in [0.4, 0.5) is 11.4 Å². The Hall–Kier alpha value is -2.89. The molecule has 0 aliphatic heterocycles. The maximum atomic E-state index is 12.1. The number of carbonyl (C=O) groups is 1. The number of amides is 1. The molecule has 0 radical (unpaired) electrons. The number of hydrogen-bond donors (Lipinski definition) is 1. The third-order valence-electron chi connectivity index (χ3n) is 3.81. The predicted octanol–water partition coefficient (Wildman–Crippen LogP) is 4.32. The van der Waals surface area contributed by atoms with Crippen LogP contribution in [-0.4, -0.2) is 17.4 Å². The Balaban J connectivity index is 1.85. The van der Waals surface area contributed by atoms with E-state index in [1.165, 1.54) is 6.07 Å². The first-order valence-corrected chi connectivity index (χ1v) is 8.12. The highest BCUT2D eigenvalue weighted by atomic mass is 16.6. The van der Waals surface area contributed by atoms with E-state index in [9.17, 15) is 14.9 Å². The number of aryl methyl sites for hydroxylation is 3. The van der Waals surface area contributed by atoms with Crippen molar-refractivity contribution in [2.24, 2.45) is 0 Å². The van der Waals surface area contributed by atoms with Crippen LogP contribution in [-0.2, 0) is 4.79 Å². The third kappa shape index (κ3) is 5.04. The Morgan fingerprint density at radius 3 is 2.44 bits per heavy atom. The molecule has 0 aliphatic rings. The van der Waals surface area contributed by atoms with Crippen LogP contribution < -0.4 is 10.1 Å². The summed E-state index contributed by atoms with van der Waals surface area (Å²) in [4.78, 5) is 22.5. The fraction of sp³-hybridized carbons (Fsp3) is 0.316. The lowest BCUT2D eigenvalue weighted by molar-refractivity contribution is -0.385. The van der Waals surface area contributed by atoms with Crippen molar-refractivity contribution >= 4 is 17.3 Å². The molecule has 0 spiro atoms. The van der Waals surface area contributed by atoms with E-state index in [0.717, 1.165) is 22.4 Å². The lowest BCUT2D eigenvalue weighted by Crippen LogP contribution is -2.14. The summed E-state index contributed by atoms with van der Waals surface area (Å²) in [6.07, 6.45) is 0.759. The lowest BCUT2D eigenvalue weighted by Gasteiger charge is -2.13. The molecule has 0 saturated carbocycles. The molecule has 0 bridgehead atoms. The van der Waals surface area contributed by atoms with Crippen molar-refractivity contribution in [1.82, 2.24) is 0 Å². The topological polar surface area (TPSA) is 81.5 Å². The maximum Gasteiger partial charge on any atom is 0.310 e. The van der Waals surface area contributed by atoms with Gasteiger partial charge in [0.1, 0.15) is 0 Å². The van der Waals surface area contributed by atoms with Gasteiger partial charge in [0.15, 0.2) is 5.75 Å². The minimum atomic E-state index is -0.481. The summed E-state index contributed by atoms with van der Waals surface area (Å²) >= 11 is 0. The molecule has 0 fully saturated rings. The van der Waals surface area contributed by atoms with E-state index < -0.39 is 4.92 Å². The number of nitro benzene ring substituents is 1. The van der Waals surface area contributed by atoms with Crippen molar-refractivity contribution < 1.29 is 14.5 Å². The average Bonchev–Trinajstić information content (AvgIpc) is 2.55. The minimum absolute atomic E-state index is 0.0714. The molecule has 2 aromatic carbocycles. The Kier molecular flexibility index (Phi) is 6.11. The molecule has 2 aromatic rings. The van der Waals surface area contributed by atoms with Gasteiger partial charge >= 0.3 is 5.69 Å². The second-order valence-electron chi connectivity index (χ2n) is 6.00. The zero-order chi connectivity index (χ0) is 18.4. The zero-order valence-electron chi connectivity index (χ0n) is 14.7. The molecule has 0 heterocycles. The first-order chi connectivity index (χ1) is 11.9. The first-order valence-electron chi connectivity index (χ1n) is 8.12. The molecule has 0 atom stereocenters. The van der Waals surface area contributed by atoms with Crippen LogP contribution in [0.5, 0.6) is 5.75 Å². The molecular formula is C19H22N2O4. The van der Waals surface area contributed by atoms with Crippen LogP contribution in [0.3, 0.4) is 0 Å². The summed E-state index contributed by atoms with van der Waals surface area (Å²) in [5.41, 5.74) is 3.99. The Morgan fingerprint density at radius 2 is 1.80 bits per heavy atom. The van der Waals surface area contributed by atoms with Gasteiger partial charge in [0.2, 0.25) is 5.91 Å². The number of nitrogens with one attached hydrogen (secondary N) is 1. The number of benzene rings is 2. The fourth-order valence-electron chi connectivity index (χ4n) is 2.72. The molecule has 0 unspecified atom stereocenters. The van der Waals surface area contributed by atoms with Crippen LogP contribution in [0, 0.1) is 30.9 Å². The second kappa shape index (κ2) is 8.28. The SMILES string of the molecule is Cc1cc(C)c(NC(=O)CCCOc2ccccc2[N+](=O)[O-])c(C)c1. The second-order valence-corrected chi connectivity index (χ2v) is 6.00. The highest BCUT2D eigenvalue weighted by molar-refractivity contribution is 5.92. The van der Waals surface area contributed by atoms with E-state index in [0.29, 0.717) is 6.42 Å². The summed E-state index contributed by atoms with van der Waals surface area (Å²) < 4.78 is 5.44. The summed E-state index contributed by atoms with van der Waals surface area (Å²) in [6, 6.07) is 10.3. The number of carbonyl (C=O) groups excluding carboxylic acids is 1. The predicted molar refractivity (Wildman–Crippen MR) is 97.1 cm³/mol. The minimum Gasteiger partial charge on any atom is -0.487 e. The highest BCUT2D eigenvalue weighted by Crippen LogP contribution is 2.26. The number of anilines is 1. The monoisotopic (exact) mass is 342 g/mol. The van der Waals surface area contributed by atoms with E-state index in [-0.39, 0.29) is 30.4 Å². The number of nitro groups is 1. The quantitative estimate of drug-likeness (QED) is 0.461. The van der Waals surface area contributed by atoms with Crippen molar-refractivity contribution in [3.05, 3.63) is 63.2 Å². The van der Waals surface area contributed by atoms with Crippen molar-refractivity contribution in [1.29, 1.82) is 0 Å². The molecule has 0 aliphatic carbocycles. The molecule has 132 valence electrons. The van der Waals surface area contributed by atoms with Crippen LogP contribution in [0.2, 0.25) is 0 Å². The summed E-state index contributed by atoms with van der Waals surface area (Å²) in [7, 11) is 0. The van der Waals surface area contributed by atoms with Gasteiger partial charge in [-0.2, -0.15) is 0 Å². The fourth-order valence-corrected chi connectivity index (χ4v) is 2.72.